The molecule has 2 rings (SSSR count). The van der Waals surface area contributed by atoms with Crippen LogP contribution in [0.2, 0.25) is 0 Å². The first kappa shape index (κ1) is 15.6. The summed E-state index contributed by atoms with van der Waals surface area (Å²) in [6.07, 6.45) is 17.8. The minimum absolute atomic E-state index is 0.767. The summed E-state index contributed by atoms with van der Waals surface area (Å²) in [5.41, 5.74) is 0. The molecule has 3 heteroatoms. The van der Waals surface area contributed by atoms with E-state index in [0.717, 1.165) is 19.1 Å². The molecule has 0 aliphatic heterocycles. The largest absolute Gasteiger partial charge is 0.334 e. The first-order chi connectivity index (χ1) is 9.90. The maximum atomic E-state index is 4.47. The van der Waals surface area contributed by atoms with Gasteiger partial charge in [-0.25, -0.2) is 4.98 Å². The Hall–Kier alpha value is -0.830. The topological polar surface area (TPSA) is 29.9 Å². The Labute approximate surface area is 124 Å². The molecule has 1 aromatic heterocycles. The number of nitrogens with one attached hydrogen (secondary N) is 1. The molecular formula is C17H31N3. The van der Waals surface area contributed by atoms with E-state index in [2.05, 4.69) is 28.0 Å². The van der Waals surface area contributed by atoms with E-state index in [1.807, 2.05) is 6.20 Å². The van der Waals surface area contributed by atoms with E-state index in [-0.39, 0.29) is 0 Å². The molecule has 0 atom stereocenters. The number of aryl methyl sites for hydroxylation is 1. The third-order valence-electron chi connectivity index (χ3n) is 4.18. The van der Waals surface area contributed by atoms with Crippen molar-refractivity contribution >= 4 is 0 Å². The van der Waals surface area contributed by atoms with Crippen molar-refractivity contribution in [3.05, 3.63) is 18.2 Å². The Morgan fingerprint density at radius 3 is 2.50 bits per heavy atom. The zero-order valence-electron chi connectivity index (χ0n) is 13.1. The molecule has 0 aromatic carbocycles. The van der Waals surface area contributed by atoms with Crippen LogP contribution in [-0.2, 0) is 13.1 Å². The van der Waals surface area contributed by atoms with Gasteiger partial charge in [-0.1, -0.05) is 51.9 Å². The second kappa shape index (κ2) is 9.17. The zero-order chi connectivity index (χ0) is 14.0. The Morgan fingerprint density at radius 1 is 1.10 bits per heavy atom. The maximum Gasteiger partial charge on any atom is 0.122 e. The van der Waals surface area contributed by atoms with Gasteiger partial charge in [-0.2, -0.15) is 0 Å². The number of aromatic nitrogens is 2. The molecule has 0 radical (unpaired) electrons. The summed E-state index contributed by atoms with van der Waals surface area (Å²) in [6.45, 7) is 4.35. The normalized spacial score (nSPS) is 14.8. The number of imidazole rings is 1. The number of unbranched alkanes of at least 4 members (excludes halogenated alkanes) is 7. The Balaban J connectivity index is 1.51. The molecular weight excluding hydrogens is 246 g/mol. The standard InChI is InChI=1S/C17H31N3/c1-2-3-4-5-6-7-8-9-13-20-14-12-18-17(20)15-19-16-10-11-16/h12,14,16,19H,2-11,13,15H2,1H3. The quantitative estimate of drug-likeness (QED) is 0.578. The summed E-state index contributed by atoms with van der Waals surface area (Å²) in [5, 5.41) is 3.55. The summed E-state index contributed by atoms with van der Waals surface area (Å²) in [6, 6.07) is 0.767. The van der Waals surface area contributed by atoms with Crippen molar-refractivity contribution in [3.8, 4) is 0 Å². The van der Waals surface area contributed by atoms with E-state index < -0.39 is 0 Å². The minimum atomic E-state index is 0.767. The smallest absolute Gasteiger partial charge is 0.122 e. The lowest BCUT2D eigenvalue weighted by Gasteiger charge is -2.08. The first-order valence-electron chi connectivity index (χ1n) is 8.63. The third-order valence-corrected chi connectivity index (χ3v) is 4.18. The van der Waals surface area contributed by atoms with Crippen molar-refractivity contribution in [2.45, 2.75) is 90.3 Å². The van der Waals surface area contributed by atoms with Gasteiger partial charge in [0.05, 0.1) is 6.54 Å². The van der Waals surface area contributed by atoms with Gasteiger partial charge in [0, 0.05) is 25.0 Å². The maximum absolute atomic E-state index is 4.47. The van der Waals surface area contributed by atoms with Gasteiger partial charge in [-0.05, 0) is 19.3 Å². The summed E-state index contributed by atoms with van der Waals surface area (Å²) in [5.74, 6) is 1.21. The van der Waals surface area contributed by atoms with Crippen LogP contribution in [0.3, 0.4) is 0 Å². The molecule has 1 aliphatic rings. The van der Waals surface area contributed by atoms with E-state index >= 15 is 0 Å². The number of hydrogen-bond acceptors (Lipinski definition) is 2. The van der Waals surface area contributed by atoms with Crippen LogP contribution in [0.25, 0.3) is 0 Å². The van der Waals surface area contributed by atoms with E-state index in [9.17, 15) is 0 Å². The second-order valence-corrected chi connectivity index (χ2v) is 6.17. The first-order valence-corrected chi connectivity index (χ1v) is 8.63. The fraction of sp³-hybridized carbons (Fsp3) is 0.824. The molecule has 114 valence electrons. The molecule has 0 amide bonds. The summed E-state index contributed by atoms with van der Waals surface area (Å²) < 4.78 is 2.33. The molecule has 3 nitrogen and oxygen atoms in total. The van der Waals surface area contributed by atoms with Crippen molar-refractivity contribution in [1.29, 1.82) is 0 Å². The van der Waals surface area contributed by atoms with Gasteiger partial charge in [0.2, 0.25) is 0 Å². The molecule has 0 spiro atoms. The third kappa shape index (κ3) is 6.08. The summed E-state index contributed by atoms with van der Waals surface area (Å²) >= 11 is 0. The molecule has 1 fully saturated rings. The van der Waals surface area contributed by atoms with Crippen molar-refractivity contribution < 1.29 is 0 Å². The second-order valence-electron chi connectivity index (χ2n) is 6.17. The Morgan fingerprint density at radius 2 is 1.80 bits per heavy atom. The van der Waals surface area contributed by atoms with E-state index in [0.29, 0.717) is 0 Å². The molecule has 1 heterocycles. The number of hydrogen-bond donors (Lipinski definition) is 1. The zero-order valence-corrected chi connectivity index (χ0v) is 13.1. The molecule has 1 saturated carbocycles. The molecule has 1 N–H and O–H groups in total. The van der Waals surface area contributed by atoms with Crippen LogP contribution >= 0.6 is 0 Å². The van der Waals surface area contributed by atoms with Gasteiger partial charge < -0.3 is 9.88 Å². The molecule has 1 aromatic rings. The Bertz CT molecular complexity index is 355. The lowest BCUT2D eigenvalue weighted by Crippen LogP contribution is -2.18. The van der Waals surface area contributed by atoms with Crippen molar-refractivity contribution in [1.82, 2.24) is 14.9 Å². The molecule has 0 bridgehead atoms. The van der Waals surface area contributed by atoms with Crippen molar-refractivity contribution in [2.24, 2.45) is 0 Å². The van der Waals surface area contributed by atoms with Crippen LogP contribution in [0, 0.1) is 0 Å². The highest BCUT2D eigenvalue weighted by molar-refractivity contribution is 4.94. The number of rotatable bonds is 12. The summed E-state index contributed by atoms with van der Waals surface area (Å²) in [7, 11) is 0. The van der Waals surface area contributed by atoms with Crippen LogP contribution in [0.4, 0.5) is 0 Å². The minimum Gasteiger partial charge on any atom is -0.334 e. The van der Waals surface area contributed by atoms with E-state index in [1.165, 1.54) is 70.0 Å². The van der Waals surface area contributed by atoms with Crippen molar-refractivity contribution in [2.75, 3.05) is 0 Å². The van der Waals surface area contributed by atoms with Crippen LogP contribution < -0.4 is 5.32 Å². The average molecular weight is 277 g/mol. The van der Waals surface area contributed by atoms with E-state index in [4.69, 9.17) is 0 Å². The van der Waals surface area contributed by atoms with Gasteiger partial charge in [0.15, 0.2) is 0 Å². The molecule has 1 aliphatic carbocycles. The highest BCUT2D eigenvalue weighted by Crippen LogP contribution is 2.19. The predicted molar refractivity (Wildman–Crippen MR) is 84.7 cm³/mol. The van der Waals surface area contributed by atoms with E-state index in [1.54, 1.807) is 0 Å². The molecule has 20 heavy (non-hydrogen) atoms. The highest BCUT2D eigenvalue weighted by Gasteiger charge is 2.20. The van der Waals surface area contributed by atoms with Crippen LogP contribution in [0.1, 0.15) is 77.0 Å². The fourth-order valence-electron chi connectivity index (χ4n) is 2.65. The van der Waals surface area contributed by atoms with Crippen LogP contribution in [0.5, 0.6) is 0 Å². The van der Waals surface area contributed by atoms with Gasteiger partial charge >= 0.3 is 0 Å². The van der Waals surface area contributed by atoms with Crippen LogP contribution in [-0.4, -0.2) is 15.6 Å². The molecule has 0 saturated heterocycles. The summed E-state index contributed by atoms with van der Waals surface area (Å²) in [4.78, 5) is 4.47. The van der Waals surface area contributed by atoms with Gasteiger partial charge in [-0.3, -0.25) is 0 Å². The Kier molecular flexibility index (Phi) is 7.13. The SMILES string of the molecule is CCCCCCCCCCn1ccnc1CNC1CC1. The van der Waals surface area contributed by atoms with Gasteiger partial charge in [-0.15, -0.1) is 0 Å². The predicted octanol–water partition coefficient (Wildman–Crippen LogP) is 4.28. The van der Waals surface area contributed by atoms with Crippen molar-refractivity contribution in [3.63, 3.8) is 0 Å². The van der Waals surface area contributed by atoms with Crippen LogP contribution in [0.15, 0.2) is 12.4 Å². The van der Waals surface area contributed by atoms with Gasteiger partial charge in [0.1, 0.15) is 5.82 Å². The fourth-order valence-corrected chi connectivity index (χ4v) is 2.65. The lowest BCUT2D eigenvalue weighted by atomic mass is 10.1. The monoisotopic (exact) mass is 277 g/mol. The highest BCUT2D eigenvalue weighted by atomic mass is 15.1. The number of nitrogens with zero attached hydrogens (tertiary/aromatic N) is 2. The van der Waals surface area contributed by atoms with Gasteiger partial charge in [0.25, 0.3) is 0 Å². The average Bonchev–Trinajstić information content (AvgIpc) is 3.19. The lowest BCUT2D eigenvalue weighted by molar-refractivity contribution is 0.525. The molecule has 0 unspecified atom stereocenters.